The van der Waals surface area contributed by atoms with Gasteiger partial charge in [0.1, 0.15) is 11.5 Å². The molecule has 0 atom stereocenters. The number of hydrogen-bond donors (Lipinski definition) is 2. The Labute approximate surface area is 263 Å². The minimum atomic E-state index is -0.143. The second-order valence-corrected chi connectivity index (χ2v) is 15.4. The quantitative estimate of drug-likeness (QED) is 0.324. The van der Waals surface area contributed by atoms with Crippen LogP contribution in [0.2, 0.25) is 0 Å². The van der Waals surface area contributed by atoms with Crippen LogP contribution in [-0.2, 0) is 5.41 Å². The van der Waals surface area contributed by atoms with Crippen molar-refractivity contribution in [1.82, 2.24) is 0 Å². The van der Waals surface area contributed by atoms with E-state index in [-0.39, 0.29) is 5.41 Å². The molecule has 0 amide bonds. The van der Waals surface area contributed by atoms with Crippen molar-refractivity contribution < 1.29 is 10.2 Å². The van der Waals surface area contributed by atoms with Gasteiger partial charge in [0.25, 0.3) is 0 Å². The normalized spacial score (nSPS) is 22.2. The predicted molar refractivity (Wildman–Crippen MR) is 181 cm³/mol. The summed E-state index contributed by atoms with van der Waals surface area (Å²) in [5, 5.41) is 23.8. The minimum Gasteiger partial charge on any atom is -0.507 e. The minimum absolute atomic E-state index is 0.143. The molecular weight excluding hydrogens is 524 g/mol. The Morgan fingerprint density at radius 2 is 0.744 bits per heavy atom. The largest absolute Gasteiger partial charge is 0.507 e. The second kappa shape index (κ2) is 14.0. The molecule has 0 aromatic heterocycles. The maximum atomic E-state index is 11.9. The van der Waals surface area contributed by atoms with Gasteiger partial charge in [-0.2, -0.15) is 0 Å². The van der Waals surface area contributed by atoms with E-state index in [4.69, 9.17) is 0 Å². The molecule has 0 heterocycles. The molecule has 2 nitrogen and oxygen atoms in total. The molecule has 2 aromatic carbocycles. The van der Waals surface area contributed by atoms with E-state index in [9.17, 15) is 10.2 Å². The van der Waals surface area contributed by atoms with Crippen LogP contribution >= 0.6 is 0 Å². The monoisotopic (exact) mass is 584 g/mol. The first kappa shape index (κ1) is 31.0. The van der Waals surface area contributed by atoms with E-state index in [0.717, 1.165) is 12.8 Å². The fourth-order valence-corrected chi connectivity index (χ4v) is 9.85. The third kappa shape index (κ3) is 6.55. The molecule has 2 aromatic rings. The van der Waals surface area contributed by atoms with Crippen molar-refractivity contribution in [1.29, 1.82) is 0 Å². The summed E-state index contributed by atoms with van der Waals surface area (Å²) in [6.45, 7) is 4.84. The zero-order valence-corrected chi connectivity index (χ0v) is 27.6. The van der Waals surface area contributed by atoms with Crippen LogP contribution in [0.5, 0.6) is 11.5 Å². The molecule has 4 aliphatic carbocycles. The molecule has 2 N–H and O–H groups in total. The van der Waals surface area contributed by atoms with Crippen LogP contribution in [0.1, 0.15) is 212 Å². The lowest BCUT2D eigenvalue weighted by Crippen LogP contribution is -2.26. The highest BCUT2D eigenvalue weighted by Crippen LogP contribution is 2.51. The molecule has 0 aliphatic heterocycles. The van der Waals surface area contributed by atoms with E-state index < -0.39 is 0 Å². The zero-order valence-electron chi connectivity index (χ0n) is 27.6. The average molecular weight is 585 g/mol. The van der Waals surface area contributed by atoms with Crippen LogP contribution in [0, 0.1) is 0 Å². The van der Waals surface area contributed by atoms with Gasteiger partial charge in [0.15, 0.2) is 0 Å². The van der Waals surface area contributed by atoms with Gasteiger partial charge in [0.05, 0.1) is 0 Å². The van der Waals surface area contributed by atoms with Gasteiger partial charge in [-0.05, 0) is 115 Å². The number of aromatic hydroxyl groups is 2. The average Bonchev–Trinajstić information content (AvgIpc) is 3.06. The van der Waals surface area contributed by atoms with E-state index in [1.807, 2.05) is 0 Å². The smallest absolute Gasteiger partial charge is 0.122 e. The summed E-state index contributed by atoms with van der Waals surface area (Å²) in [6.07, 6.45) is 27.5. The van der Waals surface area contributed by atoms with Crippen LogP contribution < -0.4 is 0 Å². The lowest BCUT2D eigenvalue weighted by atomic mass is 9.68. The Kier molecular flexibility index (Phi) is 10.1. The predicted octanol–water partition coefficient (Wildman–Crippen LogP) is 12.4. The molecule has 0 bridgehead atoms. The molecule has 4 fully saturated rings. The molecule has 0 spiro atoms. The summed E-state index contributed by atoms with van der Waals surface area (Å²) < 4.78 is 0. The third-order valence-electron chi connectivity index (χ3n) is 12.5. The van der Waals surface area contributed by atoms with Crippen LogP contribution in [0.3, 0.4) is 0 Å². The Bertz CT molecular complexity index is 1030. The van der Waals surface area contributed by atoms with Gasteiger partial charge in [0, 0.05) is 5.41 Å². The lowest BCUT2D eigenvalue weighted by Gasteiger charge is -2.37. The van der Waals surface area contributed by atoms with Gasteiger partial charge in [-0.1, -0.05) is 122 Å². The van der Waals surface area contributed by atoms with Crippen LogP contribution in [-0.4, -0.2) is 10.2 Å². The number of rotatable bonds is 8. The molecule has 4 aliphatic rings. The van der Waals surface area contributed by atoms with Crippen molar-refractivity contribution in [3.63, 3.8) is 0 Å². The van der Waals surface area contributed by atoms with Gasteiger partial charge >= 0.3 is 0 Å². The number of phenols is 2. The van der Waals surface area contributed by atoms with Gasteiger partial charge in [-0.3, -0.25) is 0 Å². The summed E-state index contributed by atoms with van der Waals surface area (Å²) in [5.74, 6) is 3.21. The van der Waals surface area contributed by atoms with E-state index in [0.29, 0.717) is 35.2 Å². The molecule has 6 rings (SSSR count). The molecule has 236 valence electrons. The van der Waals surface area contributed by atoms with Crippen LogP contribution in [0.4, 0.5) is 0 Å². The molecule has 2 heteroatoms. The summed E-state index contributed by atoms with van der Waals surface area (Å²) in [7, 11) is 0. The Morgan fingerprint density at radius 3 is 0.977 bits per heavy atom. The number of hydrogen-bond acceptors (Lipinski definition) is 2. The van der Waals surface area contributed by atoms with Gasteiger partial charge in [-0.15, -0.1) is 0 Å². The van der Waals surface area contributed by atoms with Gasteiger partial charge in [0.2, 0.25) is 0 Å². The number of phenolic OH excluding ortho intramolecular Hbond substituents is 2. The summed E-state index contributed by atoms with van der Waals surface area (Å²) >= 11 is 0. The van der Waals surface area contributed by atoms with Crippen molar-refractivity contribution in [3.05, 3.63) is 57.6 Å². The zero-order chi connectivity index (χ0) is 29.8. The summed E-state index contributed by atoms with van der Waals surface area (Å²) in [5.41, 5.74) is 7.69. The Balaban J connectivity index is 1.51. The summed E-state index contributed by atoms with van der Waals surface area (Å²) in [4.78, 5) is 0. The van der Waals surface area contributed by atoms with E-state index >= 15 is 0 Å². The SMILES string of the molecule is CCCC(C)(c1cc(C2CCCCC2)c(O)c(C2CCCCC2)c1)c1cc(C2CCCCC2)c(O)c(C2CCCCC2)c1. The Morgan fingerprint density at radius 1 is 0.488 bits per heavy atom. The van der Waals surface area contributed by atoms with Crippen molar-refractivity contribution in [3.8, 4) is 11.5 Å². The van der Waals surface area contributed by atoms with Crippen LogP contribution in [0.15, 0.2) is 24.3 Å². The second-order valence-electron chi connectivity index (χ2n) is 15.4. The van der Waals surface area contributed by atoms with E-state index in [1.165, 1.54) is 162 Å². The highest BCUT2D eigenvalue weighted by Gasteiger charge is 2.36. The molecule has 0 radical (unpaired) electrons. The summed E-state index contributed by atoms with van der Waals surface area (Å²) in [6, 6.07) is 9.84. The first-order valence-electron chi connectivity index (χ1n) is 18.7. The van der Waals surface area contributed by atoms with Crippen LogP contribution in [0.25, 0.3) is 0 Å². The maximum absolute atomic E-state index is 11.9. The molecule has 0 saturated heterocycles. The van der Waals surface area contributed by atoms with Crippen molar-refractivity contribution in [2.75, 3.05) is 0 Å². The maximum Gasteiger partial charge on any atom is 0.122 e. The highest BCUT2D eigenvalue weighted by atomic mass is 16.3. The first-order chi connectivity index (χ1) is 21.0. The molecule has 0 unspecified atom stereocenters. The molecular formula is C41H60O2. The Hall–Kier alpha value is -1.96. The fourth-order valence-electron chi connectivity index (χ4n) is 9.85. The fraction of sp³-hybridized carbons (Fsp3) is 0.707. The van der Waals surface area contributed by atoms with Crippen molar-refractivity contribution in [2.45, 2.75) is 184 Å². The molecule has 4 saturated carbocycles. The lowest BCUT2D eigenvalue weighted by molar-refractivity contribution is 0.388. The standard InChI is InChI=1S/C41H60O2/c1-3-24-41(2,33-25-35(29-16-8-4-9-17-29)39(42)36(26-33)30-18-10-5-11-19-30)34-27-37(31-20-12-6-13-21-31)40(43)38(28-34)32-22-14-7-15-23-32/h25-32,42-43H,3-24H2,1-2H3. The topological polar surface area (TPSA) is 40.5 Å². The highest BCUT2D eigenvalue weighted by molar-refractivity contribution is 5.55. The first-order valence-corrected chi connectivity index (χ1v) is 18.7. The van der Waals surface area contributed by atoms with Crippen molar-refractivity contribution in [2.24, 2.45) is 0 Å². The van der Waals surface area contributed by atoms with E-state index in [1.54, 1.807) is 0 Å². The molecule has 43 heavy (non-hydrogen) atoms. The number of benzene rings is 2. The van der Waals surface area contributed by atoms with E-state index in [2.05, 4.69) is 38.1 Å². The van der Waals surface area contributed by atoms with Gasteiger partial charge < -0.3 is 10.2 Å². The van der Waals surface area contributed by atoms with Crippen molar-refractivity contribution >= 4 is 0 Å². The third-order valence-corrected chi connectivity index (χ3v) is 12.5. The van der Waals surface area contributed by atoms with Gasteiger partial charge in [-0.25, -0.2) is 0 Å².